The van der Waals surface area contributed by atoms with Crippen molar-refractivity contribution in [1.82, 2.24) is 24.9 Å². The van der Waals surface area contributed by atoms with Crippen molar-refractivity contribution < 1.29 is 4.42 Å². The Balaban J connectivity index is 1.38. The van der Waals surface area contributed by atoms with E-state index in [-0.39, 0.29) is 10.8 Å². The fourth-order valence-corrected chi connectivity index (χ4v) is 6.48. The Morgan fingerprint density at radius 2 is 1.21 bits per heavy atom. The first-order valence-electron chi connectivity index (χ1n) is 14.5. The molecule has 0 amide bonds. The van der Waals surface area contributed by atoms with Gasteiger partial charge in [-0.2, -0.15) is 0 Å². The number of hydrogen-bond acceptors (Lipinski definition) is 6. The van der Waals surface area contributed by atoms with Gasteiger partial charge in [0.15, 0.2) is 17.5 Å². The van der Waals surface area contributed by atoms with Gasteiger partial charge in [-0.1, -0.05) is 76.2 Å². The van der Waals surface area contributed by atoms with Gasteiger partial charge in [0.2, 0.25) is 0 Å². The summed E-state index contributed by atoms with van der Waals surface area (Å²) in [5.74, 6) is 1.48. The van der Waals surface area contributed by atoms with Crippen LogP contribution in [0.1, 0.15) is 38.8 Å². The lowest BCUT2D eigenvalue weighted by molar-refractivity contribution is 0.255. The monoisotopic (exact) mass is 559 g/mol. The van der Waals surface area contributed by atoms with Gasteiger partial charge in [0.05, 0.1) is 5.56 Å². The van der Waals surface area contributed by atoms with Crippen LogP contribution in [0.15, 0.2) is 108 Å². The van der Waals surface area contributed by atoms with Crippen molar-refractivity contribution in [3.8, 4) is 45.6 Å². The second-order valence-corrected chi connectivity index (χ2v) is 12.3. The molecule has 0 radical (unpaired) electrons. The molecule has 0 spiro atoms. The molecule has 4 heterocycles. The summed E-state index contributed by atoms with van der Waals surface area (Å²) in [5, 5.41) is 2.10. The number of aromatic nitrogens is 5. The second kappa shape index (κ2) is 9.13. The van der Waals surface area contributed by atoms with E-state index < -0.39 is 0 Å². The van der Waals surface area contributed by atoms with Gasteiger partial charge in [-0.15, -0.1) is 0 Å². The Labute approximate surface area is 249 Å². The Morgan fingerprint density at radius 1 is 0.581 bits per heavy atom. The summed E-state index contributed by atoms with van der Waals surface area (Å²) >= 11 is 0. The number of hydrogen-bond donors (Lipinski definition) is 0. The van der Waals surface area contributed by atoms with Crippen molar-refractivity contribution in [1.29, 1.82) is 0 Å². The summed E-state index contributed by atoms with van der Waals surface area (Å²) in [6, 6.07) is 30.9. The van der Waals surface area contributed by atoms with E-state index in [1.807, 2.05) is 48.5 Å². The molecule has 0 N–H and O–H groups in total. The predicted octanol–water partition coefficient (Wildman–Crippen LogP) is 8.89. The molecule has 0 aliphatic heterocycles. The van der Waals surface area contributed by atoms with Gasteiger partial charge >= 0.3 is 0 Å². The third-order valence-electron chi connectivity index (χ3n) is 9.10. The van der Waals surface area contributed by atoms with Gasteiger partial charge in [-0.25, -0.2) is 15.0 Å². The molecule has 1 aliphatic rings. The molecule has 0 fully saturated rings. The largest absolute Gasteiger partial charge is 0.455 e. The average molecular weight is 560 g/mol. The Kier molecular flexibility index (Phi) is 5.41. The van der Waals surface area contributed by atoms with Crippen LogP contribution in [-0.4, -0.2) is 24.9 Å². The van der Waals surface area contributed by atoms with E-state index in [2.05, 4.69) is 80.1 Å². The number of rotatable bonds is 3. The fourth-order valence-electron chi connectivity index (χ4n) is 6.48. The van der Waals surface area contributed by atoms with Gasteiger partial charge in [0, 0.05) is 28.6 Å². The molecule has 0 bridgehead atoms. The standard InChI is InChI=1S/C37H29N5O/c1-36(2,3)37(4)27-15-6-5-12-22(27)25-20-26-23-13-11-14-24(32(23)43-31(26)21-28(25)37)33-40-34(29-16-7-9-18-38-29)42-35(41-33)30-17-8-10-19-39-30/h5-21H,1-4H3. The summed E-state index contributed by atoms with van der Waals surface area (Å²) in [7, 11) is 0. The van der Waals surface area contributed by atoms with E-state index in [4.69, 9.17) is 19.4 Å². The van der Waals surface area contributed by atoms with Gasteiger partial charge in [0.25, 0.3) is 0 Å². The highest BCUT2D eigenvalue weighted by molar-refractivity contribution is 6.11. The summed E-state index contributed by atoms with van der Waals surface area (Å²) in [4.78, 5) is 23.5. The first kappa shape index (κ1) is 25.5. The highest BCUT2D eigenvalue weighted by Crippen LogP contribution is 2.58. The fraction of sp³-hybridized carbons (Fsp3) is 0.162. The first-order chi connectivity index (χ1) is 20.8. The van der Waals surface area contributed by atoms with Crippen LogP contribution in [-0.2, 0) is 5.41 Å². The zero-order valence-electron chi connectivity index (χ0n) is 24.5. The molecule has 6 heteroatoms. The number of nitrogens with zero attached hydrogens (tertiary/aromatic N) is 5. The van der Waals surface area contributed by atoms with Crippen LogP contribution in [0.5, 0.6) is 0 Å². The normalized spacial score (nSPS) is 16.0. The highest BCUT2D eigenvalue weighted by Gasteiger charge is 2.47. The highest BCUT2D eigenvalue weighted by atomic mass is 16.3. The Hall–Kier alpha value is -5.23. The lowest BCUT2D eigenvalue weighted by atomic mass is 9.62. The Bertz CT molecular complexity index is 2120. The van der Waals surface area contributed by atoms with Crippen molar-refractivity contribution in [2.75, 3.05) is 0 Å². The van der Waals surface area contributed by atoms with E-state index in [1.165, 1.54) is 22.3 Å². The molecule has 208 valence electrons. The maximum atomic E-state index is 6.73. The maximum absolute atomic E-state index is 6.73. The number of benzene rings is 3. The number of pyridine rings is 2. The lowest BCUT2D eigenvalue weighted by Gasteiger charge is -2.40. The smallest absolute Gasteiger partial charge is 0.182 e. The quantitative estimate of drug-likeness (QED) is 0.215. The van der Waals surface area contributed by atoms with Crippen molar-refractivity contribution >= 4 is 21.9 Å². The minimum Gasteiger partial charge on any atom is -0.455 e. The number of fused-ring (bicyclic) bond motifs is 6. The minimum atomic E-state index is -0.168. The molecule has 1 unspecified atom stereocenters. The SMILES string of the molecule is CC(C)(C)C1(C)c2ccccc2-c2cc3c(cc21)oc1c(-c2nc(-c4ccccn4)nc(-c4ccccn4)n2)cccc13. The van der Waals surface area contributed by atoms with Crippen molar-refractivity contribution in [3.05, 3.63) is 115 Å². The number of para-hydroxylation sites is 1. The summed E-state index contributed by atoms with van der Waals surface area (Å²) in [5.41, 5.74) is 8.77. The molecule has 43 heavy (non-hydrogen) atoms. The maximum Gasteiger partial charge on any atom is 0.182 e. The van der Waals surface area contributed by atoms with Crippen LogP contribution >= 0.6 is 0 Å². The van der Waals surface area contributed by atoms with Crippen LogP contribution in [0.25, 0.3) is 67.5 Å². The third-order valence-corrected chi connectivity index (χ3v) is 9.10. The van der Waals surface area contributed by atoms with Crippen LogP contribution < -0.4 is 0 Å². The molecule has 3 aromatic carbocycles. The van der Waals surface area contributed by atoms with Crippen molar-refractivity contribution in [2.45, 2.75) is 33.1 Å². The average Bonchev–Trinajstić information content (AvgIpc) is 3.53. The predicted molar refractivity (Wildman–Crippen MR) is 170 cm³/mol. The molecular formula is C37H29N5O. The van der Waals surface area contributed by atoms with Crippen LogP contribution in [0, 0.1) is 5.41 Å². The molecule has 1 aliphatic carbocycles. The van der Waals surface area contributed by atoms with E-state index in [1.54, 1.807) is 12.4 Å². The third kappa shape index (κ3) is 3.76. The summed E-state index contributed by atoms with van der Waals surface area (Å²) in [6.45, 7) is 9.32. The molecule has 0 saturated carbocycles. The van der Waals surface area contributed by atoms with E-state index in [0.717, 1.165) is 27.5 Å². The molecule has 7 aromatic rings. The van der Waals surface area contributed by atoms with Gasteiger partial charge in [0.1, 0.15) is 22.6 Å². The molecule has 8 rings (SSSR count). The zero-order valence-corrected chi connectivity index (χ0v) is 24.5. The molecule has 4 aromatic heterocycles. The van der Waals surface area contributed by atoms with E-state index in [0.29, 0.717) is 28.9 Å². The first-order valence-corrected chi connectivity index (χ1v) is 14.5. The Morgan fingerprint density at radius 3 is 1.86 bits per heavy atom. The van der Waals surface area contributed by atoms with Gasteiger partial charge in [-0.3, -0.25) is 9.97 Å². The van der Waals surface area contributed by atoms with Crippen molar-refractivity contribution in [2.24, 2.45) is 5.41 Å². The molecule has 6 nitrogen and oxygen atoms in total. The number of furan rings is 1. The van der Waals surface area contributed by atoms with Gasteiger partial charge in [-0.05, 0) is 70.1 Å². The summed E-state index contributed by atoms with van der Waals surface area (Å²) < 4.78 is 6.73. The lowest BCUT2D eigenvalue weighted by Crippen LogP contribution is -2.36. The van der Waals surface area contributed by atoms with E-state index >= 15 is 0 Å². The second-order valence-electron chi connectivity index (χ2n) is 12.3. The van der Waals surface area contributed by atoms with Crippen LogP contribution in [0.2, 0.25) is 0 Å². The minimum absolute atomic E-state index is 0.00612. The molecule has 1 atom stereocenters. The summed E-state index contributed by atoms with van der Waals surface area (Å²) in [6.07, 6.45) is 3.48. The molecule has 0 saturated heterocycles. The topological polar surface area (TPSA) is 77.6 Å². The molecular weight excluding hydrogens is 530 g/mol. The van der Waals surface area contributed by atoms with Crippen LogP contribution in [0.4, 0.5) is 0 Å². The van der Waals surface area contributed by atoms with Crippen LogP contribution in [0.3, 0.4) is 0 Å². The van der Waals surface area contributed by atoms with Crippen molar-refractivity contribution in [3.63, 3.8) is 0 Å². The van der Waals surface area contributed by atoms with E-state index in [9.17, 15) is 0 Å². The van der Waals surface area contributed by atoms with Gasteiger partial charge < -0.3 is 4.42 Å². The zero-order chi connectivity index (χ0) is 29.3.